The monoisotopic (exact) mass is 702 g/mol. The number of carbonyl (C=O) groups excluding carboxylic acids is 5. The summed E-state index contributed by atoms with van der Waals surface area (Å²) in [6, 6.07) is -0.853. The van der Waals surface area contributed by atoms with Gasteiger partial charge < -0.3 is 35.7 Å². The number of rotatable bonds is 28. The van der Waals surface area contributed by atoms with Crippen LogP contribution in [0.1, 0.15) is 164 Å². The Bertz CT molecular complexity index is 899. The summed E-state index contributed by atoms with van der Waals surface area (Å²) >= 11 is 0. The van der Waals surface area contributed by atoms with Gasteiger partial charge in [-0.1, -0.05) is 77.0 Å². The van der Waals surface area contributed by atoms with Crippen LogP contribution < -0.4 is 16.8 Å². The van der Waals surface area contributed by atoms with Gasteiger partial charge in [0.25, 0.3) is 0 Å². The highest BCUT2D eigenvalue weighted by Gasteiger charge is 2.26. The van der Waals surface area contributed by atoms with Gasteiger partial charge in [-0.15, -0.1) is 0 Å². The van der Waals surface area contributed by atoms with Gasteiger partial charge in [-0.25, -0.2) is 4.79 Å². The third-order valence-electron chi connectivity index (χ3n) is 6.98. The number of esters is 2. The Kier molecular flexibility index (Phi) is 29.7. The second-order valence-electron chi connectivity index (χ2n) is 14.4. The van der Waals surface area contributed by atoms with Crippen LogP contribution in [0.15, 0.2) is 0 Å². The molecule has 0 saturated carbocycles. The maximum atomic E-state index is 12.4. The van der Waals surface area contributed by atoms with Crippen LogP contribution in [-0.2, 0) is 42.9 Å². The molecule has 49 heavy (non-hydrogen) atoms. The molecular formula is C37H71N3O9. The highest BCUT2D eigenvalue weighted by Crippen LogP contribution is 2.15. The molecule has 0 saturated heterocycles. The normalized spacial score (nSPS) is 12.0. The Morgan fingerprint density at radius 2 is 1.00 bits per heavy atom. The maximum Gasteiger partial charge on any atom is 0.329 e. The number of nitrogens with two attached hydrogens (primary N) is 2. The molecule has 12 heteroatoms. The van der Waals surface area contributed by atoms with E-state index < -0.39 is 29.4 Å². The molecule has 1 atom stereocenters. The fourth-order valence-electron chi connectivity index (χ4n) is 4.68. The maximum absolute atomic E-state index is 12.4. The van der Waals surface area contributed by atoms with Crippen LogP contribution in [0.2, 0.25) is 0 Å². The second kappa shape index (κ2) is 30.1. The highest BCUT2D eigenvalue weighted by molar-refractivity contribution is 5.85. The highest BCUT2D eigenvalue weighted by atomic mass is 16.6. The van der Waals surface area contributed by atoms with Crippen molar-refractivity contribution in [2.45, 2.75) is 181 Å². The first-order chi connectivity index (χ1) is 23.0. The number of hydrogen-bond acceptors (Lipinski definition) is 9. The SMILES string of the molecule is CC(C)(C)OC(=O)CCCCCCCCCCCCCCCCC(=O)NC(CCC(N)=O)C(=O)OC(C)(C)C.CCOCCOCC(N)=O. The Hall–Kier alpha value is -2.73. The van der Waals surface area contributed by atoms with Gasteiger partial charge >= 0.3 is 11.9 Å². The summed E-state index contributed by atoms with van der Waals surface area (Å²) in [5, 5.41) is 2.72. The van der Waals surface area contributed by atoms with E-state index in [-0.39, 0.29) is 36.9 Å². The first kappa shape index (κ1) is 48.4. The predicted molar refractivity (Wildman–Crippen MR) is 192 cm³/mol. The lowest BCUT2D eigenvalue weighted by molar-refractivity contribution is -0.159. The largest absolute Gasteiger partial charge is 0.460 e. The molecule has 12 nitrogen and oxygen atoms in total. The molecule has 0 fully saturated rings. The summed E-state index contributed by atoms with van der Waals surface area (Å²) in [5.74, 6) is -1.78. The lowest BCUT2D eigenvalue weighted by atomic mass is 10.0. The van der Waals surface area contributed by atoms with Crippen molar-refractivity contribution in [2.24, 2.45) is 11.5 Å². The minimum absolute atomic E-state index is 0.0154. The first-order valence-electron chi connectivity index (χ1n) is 18.4. The topological polar surface area (TPSA) is 186 Å². The fraction of sp³-hybridized carbons (Fsp3) is 0.865. The van der Waals surface area contributed by atoms with Crippen LogP contribution in [0.25, 0.3) is 0 Å². The van der Waals surface area contributed by atoms with Crippen molar-refractivity contribution in [3.05, 3.63) is 0 Å². The fourth-order valence-corrected chi connectivity index (χ4v) is 4.68. The predicted octanol–water partition coefficient (Wildman–Crippen LogP) is 6.19. The minimum atomic E-state index is -0.853. The molecule has 288 valence electrons. The zero-order valence-corrected chi connectivity index (χ0v) is 32.0. The third-order valence-corrected chi connectivity index (χ3v) is 6.98. The molecule has 0 aromatic rings. The molecular weight excluding hydrogens is 630 g/mol. The Morgan fingerprint density at radius 1 is 0.571 bits per heavy atom. The number of carbonyl (C=O) groups is 5. The van der Waals surface area contributed by atoms with Crippen molar-refractivity contribution in [1.82, 2.24) is 5.32 Å². The van der Waals surface area contributed by atoms with Gasteiger partial charge in [0.15, 0.2) is 0 Å². The van der Waals surface area contributed by atoms with Crippen molar-refractivity contribution in [3.63, 3.8) is 0 Å². The smallest absolute Gasteiger partial charge is 0.329 e. The van der Waals surface area contributed by atoms with E-state index in [1.807, 2.05) is 27.7 Å². The van der Waals surface area contributed by atoms with E-state index in [0.717, 1.165) is 32.1 Å². The lowest BCUT2D eigenvalue weighted by Gasteiger charge is -2.24. The summed E-state index contributed by atoms with van der Waals surface area (Å²) in [4.78, 5) is 57.6. The number of unbranched alkanes of at least 4 members (excludes halogenated alkanes) is 13. The summed E-state index contributed by atoms with van der Waals surface area (Å²) in [5.41, 5.74) is 8.95. The van der Waals surface area contributed by atoms with Crippen molar-refractivity contribution >= 4 is 29.7 Å². The molecule has 0 heterocycles. The van der Waals surface area contributed by atoms with E-state index in [4.69, 9.17) is 30.4 Å². The van der Waals surface area contributed by atoms with Crippen molar-refractivity contribution in [2.75, 3.05) is 26.4 Å². The van der Waals surface area contributed by atoms with Gasteiger partial charge in [0.1, 0.15) is 23.9 Å². The third kappa shape index (κ3) is 39.6. The van der Waals surface area contributed by atoms with E-state index in [1.54, 1.807) is 20.8 Å². The number of primary amides is 2. The number of hydrogen-bond donors (Lipinski definition) is 3. The summed E-state index contributed by atoms with van der Waals surface area (Å²) in [6.45, 7) is 14.5. The van der Waals surface area contributed by atoms with Crippen molar-refractivity contribution in [3.8, 4) is 0 Å². The Balaban J connectivity index is 0. The summed E-state index contributed by atoms with van der Waals surface area (Å²) in [6.07, 6.45) is 17.1. The standard InChI is InChI=1S/C31H58N2O6.C6H13NO3/c1-30(2,3)38-28(36)22-20-18-16-14-12-10-8-7-9-11-13-15-17-19-21-27(35)33-25(23-24-26(32)34)29(37)39-31(4,5)6;1-2-9-3-4-10-5-6(7)8/h25H,7-24H2,1-6H3,(H2,32,34)(H,33,35);2-5H2,1H3,(H2,7,8). The van der Waals surface area contributed by atoms with Gasteiger partial charge in [-0.3, -0.25) is 19.2 Å². The molecule has 0 rings (SSSR count). The Labute approximate surface area is 296 Å². The van der Waals surface area contributed by atoms with Gasteiger partial charge in [-0.2, -0.15) is 0 Å². The second-order valence-corrected chi connectivity index (χ2v) is 14.4. The van der Waals surface area contributed by atoms with Gasteiger partial charge in [0.05, 0.1) is 13.2 Å². The molecule has 5 N–H and O–H groups in total. The van der Waals surface area contributed by atoms with E-state index in [2.05, 4.69) is 5.32 Å². The van der Waals surface area contributed by atoms with Crippen LogP contribution in [0.5, 0.6) is 0 Å². The van der Waals surface area contributed by atoms with E-state index in [0.29, 0.717) is 32.7 Å². The molecule has 0 bridgehead atoms. The molecule has 0 aliphatic heterocycles. The molecule has 0 aromatic heterocycles. The molecule has 0 aliphatic carbocycles. The summed E-state index contributed by atoms with van der Waals surface area (Å²) in [7, 11) is 0. The molecule has 1 unspecified atom stereocenters. The van der Waals surface area contributed by atoms with E-state index >= 15 is 0 Å². The van der Waals surface area contributed by atoms with Crippen molar-refractivity contribution in [1.29, 1.82) is 0 Å². The number of nitrogens with one attached hydrogen (secondary N) is 1. The van der Waals surface area contributed by atoms with Crippen LogP contribution in [0, 0.1) is 0 Å². The molecule has 0 aromatic carbocycles. The molecule has 0 aliphatic rings. The Morgan fingerprint density at radius 3 is 1.41 bits per heavy atom. The molecule has 3 amide bonds. The van der Waals surface area contributed by atoms with E-state index in [9.17, 15) is 24.0 Å². The van der Waals surface area contributed by atoms with Crippen molar-refractivity contribution < 1.29 is 42.9 Å². The van der Waals surface area contributed by atoms with Crippen LogP contribution in [0.4, 0.5) is 0 Å². The lowest BCUT2D eigenvalue weighted by Crippen LogP contribution is -2.44. The number of ether oxygens (including phenoxy) is 4. The van der Waals surface area contributed by atoms with Crippen LogP contribution in [0.3, 0.4) is 0 Å². The first-order valence-corrected chi connectivity index (χ1v) is 18.4. The quantitative estimate of drug-likeness (QED) is 0.0632. The summed E-state index contributed by atoms with van der Waals surface area (Å²) < 4.78 is 20.4. The average Bonchev–Trinajstić information content (AvgIpc) is 2.97. The van der Waals surface area contributed by atoms with Gasteiger partial charge in [-0.05, 0) is 67.7 Å². The zero-order chi connectivity index (χ0) is 37.6. The van der Waals surface area contributed by atoms with E-state index in [1.165, 1.54) is 57.8 Å². The number of amides is 3. The zero-order valence-electron chi connectivity index (χ0n) is 32.0. The van der Waals surface area contributed by atoms with Gasteiger partial charge in [0, 0.05) is 25.9 Å². The van der Waals surface area contributed by atoms with Crippen LogP contribution >= 0.6 is 0 Å². The molecule has 0 radical (unpaired) electrons. The van der Waals surface area contributed by atoms with Gasteiger partial charge in [0.2, 0.25) is 17.7 Å². The minimum Gasteiger partial charge on any atom is -0.460 e. The van der Waals surface area contributed by atoms with Crippen LogP contribution in [-0.4, -0.2) is 73.3 Å². The molecule has 0 spiro atoms. The average molecular weight is 702 g/mol.